The van der Waals surface area contributed by atoms with Crippen LogP contribution in [0.2, 0.25) is 0 Å². The van der Waals surface area contributed by atoms with Crippen LogP contribution in [0, 0.1) is 0 Å². The Kier molecular flexibility index (Phi) is 4.62. The molecule has 1 aromatic carbocycles. The molecule has 0 spiro atoms. The Morgan fingerprint density at radius 3 is 2.90 bits per heavy atom. The lowest BCUT2D eigenvalue weighted by Gasteiger charge is -2.01. The first-order valence-electron chi connectivity index (χ1n) is 6.22. The molecular weight excluding hydrogens is 256 g/mol. The first-order chi connectivity index (χ1) is 9.72. The van der Waals surface area contributed by atoms with Crippen LogP contribution in [-0.4, -0.2) is 12.6 Å². The highest BCUT2D eigenvalue weighted by molar-refractivity contribution is 5.91. The highest BCUT2D eigenvalue weighted by atomic mass is 16.7. The number of ether oxygens (including phenoxy) is 2. The molecule has 0 atom stereocenters. The van der Waals surface area contributed by atoms with Gasteiger partial charge in [-0.25, -0.2) is 0 Å². The number of nitrogens with two attached hydrogens (primary N) is 2. The van der Waals surface area contributed by atoms with Crippen LogP contribution in [0.5, 0.6) is 11.5 Å². The van der Waals surface area contributed by atoms with E-state index in [-0.39, 0.29) is 6.79 Å². The second-order valence-corrected chi connectivity index (χ2v) is 4.15. The second-order valence-electron chi connectivity index (χ2n) is 4.15. The molecular formula is C14H18N4O2. The first kappa shape index (κ1) is 14.0. The molecule has 0 unspecified atom stereocenters. The van der Waals surface area contributed by atoms with E-state index in [0.29, 0.717) is 12.4 Å². The van der Waals surface area contributed by atoms with Crippen molar-refractivity contribution < 1.29 is 9.47 Å². The maximum Gasteiger partial charge on any atom is 0.231 e. The van der Waals surface area contributed by atoms with Crippen molar-refractivity contribution in [2.75, 3.05) is 6.79 Å². The maximum atomic E-state index is 5.80. The molecule has 5 N–H and O–H groups in total. The van der Waals surface area contributed by atoms with E-state index in [9.17, 15) is 0 Å². The van der Waals surface area contributed by atoms with E-state index in [0.717, 1.165) is 22.8 Å². The van der Waals surface area contributed by atoms with Gasteiger partial charge in [-0.15, -0.1) is 0 Å². The molecule has 1 aromatic rings. The van der Waals surface area contributed by atoms with Crippen LogP contribution in [0.15, 0.2) is 47.1 Å². The number of allylic oxidation sites excluding steroid dienone is 2. The van der Waals surface area contributed by atoms with Crippen molar-refractivity contribution in [1.82, 2.24) is 5.43 Å². The average molecular weight is 274 g/mol. The predicted molar refractivity (Wildman–Crippen MR) is 78.1 cm³/mol. The summed E-state index contributed by atoms with van der Waals surface area (Å²) in [5.41, 5.74) is 10.1. The number of aliphatic imine (C=N–C) groups is 1. The Hall–Kier alpha value is -2.47. The Morgan fingerprint density at radius 1 is 1.35 bits per heavy atom. The van der Waals surface area contributed by atoms with Crippen molar-refractivity contribution in [3.05, 3.63) is 47.7 Å². The number of rotatable bonds is 5. The van der Waals surface area contributed by atoms with Gasteiger partial charge in [0.25, 0.3) is 0 Å². The fourth-order valence-electron chi connectivity index (χ4n) is 1.68. The quantitative estimate of drug-likeness (QED) is 0.246. The minimum absolute atomic E-state index is 0.269. The zero-order chi connectivity index (χ0) is 14.4. The molecule has 0 aliphatic carbocycles. The van der Waals surface area contributed by atoms with Gasteiger partial charge in [-0.3, -0.25) is 10.8 Å². The Bertz CT molecular complexity index is 564. The highest BCUT2D eigenvalue weighted by Gasteiger charge is 2.12. The average Bonchev–Trinajstić information content (AvgIpc) is 2.93. The molecule has 106 valence electrons. The fourth-order valence-corrected chi connectivity index (χ4v) is 1.68. The van der Waals surface area contributed by atoms with E-state index in [4.69, 9.17) is 21.1 Å². The Labute approximate surface area is 117 Å². The number of amidine groups is 1. The van der Waals surface area contributed by atoms with Crippen molar-refractivity contribution in [2.24, 2.45) is 16.6 Å². The molecule has 0 bridgehead atoms. The normalized spacial score (nSPS) is 14.9. The third kappa shape index (κ3) is 3.52. The summed E-state index contributed by atoms with van der Waals surface area (Å²) in [5.74, 6) is 7.25. The zero-order valence-corrected chi connectivity index (χ0v) is 11.3. The van der Waals surface area contributed by atoms with Gasteiger partial charge in [0.05, 0.1) is 6.54 Å². The number of hydrazine groups is 1. The molecule has 0 saturated carbocycles. The lowest BCUT2D eigenvalue weighted by molar-refractivity contribution is 0.174. The van der Waals surface area contributed by atoms with Crippen molar-refractivity contribution >= 4 is 5.84 Å². The van der Waals surface area contributed by atoms with Crippen LogP contribution in [0.25, 0.3) is 0 Å². The van der Waals surface area contributed by atoms with Crippen LogP contribution in [0.4, 0.5) is 0 Å². The smallest absolute Gasteiger partial charge is 0.231 e. The molecule has 1 heterocycles. The molecule has 20 heavy (non-hydrogen) atoms. The van der Waals surface area contributed by atoms with Crippen LogP contribution in [0.1, 0.15) is 12.5 Å². The van der Waals surface area contributed by atoms with Gasteiger partial charge in [-0.1, -0.05) is 12.1 Å². The number of hydrogen-bond acceptors (Lipinski definition) is 5. The van der Waals surface area contributed by atoms with E-state index < -0.39 is 0 Å². The van der Waals surface area contributed by atoms with Gasteiger partial charge in [0.1, 0.15) is 5.84 Å². The predicted octanol–water partition coefficient (Wildman–Crippen LogP) is 1.20. The highest BCUT2D eigenvalue weighted by Crippen LogP contribution is 2.32. The van der Waals surface area contributed by atoms with Crippen LogP contribution in [0.3, 0.4) is 0 Å². The number of benzene rings is 1. The summed E-state index contributed by atoms with van der Waals surface area (Å²) in [6.07, 6.45) is 5.29. The van der Waals surface area contributed by atoms with Gasteiger partial charge in [0, 0.05) is 5.70 Å². The van der Waals surface area contributed by atoms with Crippen molar-refractivity contribution in [2.45, 2.75) is 13.5 Å². The minimum atomic E-state index is 0.269. The standard InChI is InChI=1S/C14H18N4O2/c1-2-11(18-16)4-6-14(15)17-8-10-3-5-12-13(7-10)20-9-19-12/h2-7,18H,8-9,16H2,1H3,(H2,15,17)/b6-4-,11-2+. The summed E-state index contributed by atoms with van der Waals surface area (Å²) in [6.45, 7) is 2.62. The van der Waals surface area contributed by atoms with E-state index >= 15 is 0 Å². The third-order valence-corrected chi connectivity index (χ3v) is 2.79. The van der Waals surface area contributed by atoms with Crippen molar-refractivity contribution in [1.29, 1.82) is 0 Å². The van der Waals surface area contributed by atoms with E-state index in [1.807, 2.05) is 31.2 Å². The molecule has 2 rings (SSSR count). The molecule has 0 fully saturated rings. The van der Waals surface area contributed by atoms with Gasteiger partial charge in [-0.2, -0.15) is 0 Å². The largest absolute Gasteiger partial charge is 0.454 e. The Balaban J connectivity index is 1.98. The monoisotopic (exact) mass is 274 g/mol. The topological polar surface area (TPSA) is 94.9 Å². The number of nitrogens with zero attached hydrogens (tertiary/aromatic N) is 1. The first-order valence-corrected chi connectivity index (χ1v) is 6.22. The summed E-state index contributed by atoms with van der Waals surface area (Å²) >= 11 is 0. The van der Waals surface area contributed by atoms with E-state index in [1.54, 1.807) is 12.2 Å². The summed E-state index contributed by atoms with van der Waals surface area (Å²) in [7, 11) is 0. The van der Waals surface area contributed by atoms with Gasteiger partial charge < -0.3 is 20.6 Å². The molecule has 1 aliphatic rings. The summed E-state index contributed by atoms with van der Waals surface area (Å²) in [5, 5.41) is 0. The van der Waals surface area contributed by atoms with E-state index in [1.165, 1.54) is 0 Å². The molecule has 6 heteroatoms. The Morgan fingerprint density at radius 2 is 2.15 bits per heavy atom. The lowest BCUT2D eigenvalue weighted by Crippen LogP contribution is -2.20. The van der Waals surface area contributed by atoms with E-state index in [2.05, 4.69) is 10.4 Å². The minimum Gasteiger partial charge on any atom is -0.454 e. The van der Waals surface area contributed by atoms with Gasteiger partial charge in [0.15, 0.2) is 11.5 Å². The second kappa shape index (κ2) is 6.63. The maximum absolute atomic E-state index is 5.80. The summed E-state index contributed by atoms with van der Waals surface area (Å²) < 4.78 is 10.6. The SMILES string of the molecule is C/C=C(\C=C/C(N)=NCc1ccc2c(c1)OCO2)NN. The number of fused-ring (bicyclic) bond motifs is 1. The summed E-state index contributed by atoms with van der Waals surface area (Å²) in [4.78, 5) is 4.28. The number of nitrogens with one attached hydrogen (secondary N) is 1. The lowest BCUT2D eigenvalue weighted by atomic mass is 10.2. The van der Waals surface area contributed by atoms with Crippen LogP contribution >= 0.6 is 0 Å². The third-order valence-electron chi connectivity index (χ3n) is 2.79. The molecule has 0 aromatic heterocycles. The van der Waals surface area contributed by atoms with Crippen LogP contribution in [-0.2, 0) is 6.54 Å². The fraction of sp³-hybridized carbons (Fsp3) is 0.214. The molecule has 6 nitrogen and oxygen atoms in total. The van der Waals surface area contributed by atoms with Crippen molar-refractivity contribution in [3.63, 3.8) is 0 Å². The van der Waals surface area contributed by atoms with Gasteiger partial charge in [-0.05, 0) is 36.8 Å². The number of hydrogen-bond donors (Lipinski definition) is 3. The summed E-state index contributed by atoms with van der Waals surface area (Å²) in [6, 6.07) is 5.71. The zero-order valence-electron chi connectivity index (χ0n) is 11.3. The van der Waals surface area contributed by atoms with Gasteiger partial charge in [0.2, 0.25) is 6.79 Å². The molecule has 1 aliphatic heterocycles. The molecule has 0 radical (unpaired) electrons. The molecule has 0 amide bonds. The van der Waals surface area contributed by atoms with Gasteiger partial charge >= 0.3 is 0 Å². The van der Waals surface area contributed by atoms with Crippen LogP contribution < -0.4 is 26.5 Å². The molecule has 0 saturated heterocycles. The van der Waals surface area contributed by atoms with Crippen molar-refractivity contribution in [3.8, 4) is 11.5 Å².